The molecule has 0 fully saturated rings. The van der Waals surface area contributed by atoms with Crippen LogP contribution in [0.1, 0.15) is 18.9 Å². The molecule has 2 N–H and O–H groups in total. The van der Waals surface area contributed by atoms with Crippen LogP contribution in [0.4, 0.5) is 0 Å². The van der Waals surface area contributed by atoms with Crippen molar-refractivity contribution < 1.29 is 4.74 Å². The van der Waals surface area contributed by atoms with E-state index in [9.17, 15) is 0 Å². The molecule has 0 unspecified atom stereocenters. The third-order valence-corrected chi connectivity index (χ3v) is 3.30. The lowest BCUT2D eigenvalue weighted by Crippen LogP contribution is -2.01. The number of pyridine rings is 1. The van der Waals surface area contributed by atoms with E-state index < -0.39 is 0 Å². The van der Waals surface area contributed by atoms with Crippen molar-refractivity contribution in [2.45, 2.75) is 26.4 Å². The minimum atomic E-state index is 0.385. The molecule has 0 saturated carbocycles. The molecule has 1 aromatic carbocycles. The van der Waals surface area contributed by atoms with E-state index in [2.05, 4.69) is 17.0 Å². The van der Waals surface area contributed by atoms with Gasteiger partial charge in [0.2, 0.25) is 0 Å². The Balaban J connectivity index is 2.01. The van der Waals surface area contributed by atoms with Gasteiger partial charge in [-0.25, -0.2) is 0 Å². The Morgan fingerprint density at radius 3 is 2.90 bits per heavy atom. The van der Waals surface area contributed by atoms with Gasteiger partial charge in [-0.3, -0.25) is 9.67 Å². The average Bonchev–Trinajstić information content (AvgIpc) is 2.95. The van der Waals surface area contributed by atoms with Gasteiger partial charge in [-0.05, 0) is 18.6 Å². The van der Waals surface area contributed by atoms with Crippen LogP contribution in [0.5, 0.6) is 11.5 Å². The highest BCUT2D eigenvalue weighted by Crippen LogP contribution is 2.32. The normalized spacial score (nSPS) is 11.0. The second kappa shape index (κ2) is 5.93. The Bertz CT molecular complexity index is 751. The molecule has 0 aliphatic carbocycles. The zero-order chi connectivity index (χ0) is 14.7. The Hall–Kier alpha value is -2.40. The number of nitrogens with zero attached hydrogens (tertiary/aromatic N) is 3. The molecular formula is C16H18N4O. The highest BCUT2D eigenvalue weighted by molar-refractivity contribution is 5.86. The van der Waals surface area contributed by atoms with Crippen LogP contribution in [-0.2, 0) is 13.1 Å². The molecule has 0 saturated heterocycles. The first-order valence-corrected chi connectivity index (χ1v) is 7.08. The number of ether oxygens (including phenoxy) is 1. The number of hydrogen-bond donors (Lipinski definition) is 1. The number of aromatic nitrogens is 3. The van der Waals surface area contributed by atoms with Gasteiger partial charge in [0, 0.05) is 30.2 Å². The fraction of sp³-hybridized carbons (Fsp3) is 0.250. The number of fused-ring (bicyclic) bond motifs is 1. The van der Waals surface area contributed by atoms with Crippen LogP contribution in [0.3, 0.4) is 0 Å². The van der Waals surface area contributed by atoms with E-state index in [4.69, 9.17) is 10.5 Å². The molecule has 2 aromatic heterocycles. The lowest BCUT2D eigenvalue weighted by atomic mass is 10.1. The zero-order valence-corrected chi connectivity index (χ0v) is 12.0. The number of aryl methyl sites for hydroxylation is 1. The van der Waals surface area contributed by atoms with Crippen LogP contribution in [-0.4, -0.2) is 14.8 Å². The molecule has 108 valence electrons. The maximum Gasteiger partial charge on any atom is 0.165 e. The van der Waals surface area contributed by atoms with Crippen molar-refractivity contribution in [2.75, 3.05) is 0 Å². The standard InChI is InChI=1S/C16H18N4O/c1-2-7-20-11-13(10-19-20)21-16-12(8-17)9-18-15-6-4-3-5-14(15)16/h3-6,9-11H,2,7-8,17H2,1H3. The molecule has 0 atom stereocenters. The minimum Gasteiger partial charge on any atom is -0.453 e. The molecule has 5 nitrogen and oxygen atoms in total. The van der Waals surface area contributed by atoms with Gasteiger partial charge in [0.05, 0.1) is 17.9 Å². The van der Waals surface area contributed by atoms with E-state index in [1.54, 1.807) is 12.4 Å². The molecule has 3 rings (SSSR count). The largest absolute Gasteiger partial charge is 0.453 e. The van der Waals surface area contributed by atoms with E-state index in [0.29, 0.717) is 6.54 Å². The van der Waals surface area contributed by atoms with Crippen LogP contribution >= 0.6 is 0 Å². The summed E-state index contributed by atoms with van der Waals surface area (Å²) in [5, 5.41) is 5.24. The van der Waals surface area contributed by atoms with Crippen LogP contribution in [0.15, 0.2) is 42.9 Å². The Morgan fingerprint density at radius 1 is 1.24 bits per heavy atom. The number of para-hydroxylation sites is 1. The predicted molar refractivity (Wildman–Crippen MR) is 82.2 cm³/mol. The van der Waals surface area contributed by atoms with Gasteiger partial charge in [-0.1, -0.05) is 19.1 Å². The second-order valence-corrected chi connectivity index (χ2v) is 4.88. The van der Waals surface area contributed by atoms with Crippen molar-refractivity contribution in [1.29, 1.82) is 0 Å². The summed E-state index contributed by atoms with van der Waals surface area (Å²) in [5.41, 5.74) is 7.59. The number of rotatable bonds is 5. The molecule has 0 bridgehead atoms. The van der Waals surface area contributed by atoms with E-state index in [0.717, 1.165) is 40.9 Å². The van der Waals surface area contributed by atoms with Crippen molar-refractivity contribution in [1.82, 2.24) is 14.8 Å². The van der Waals surface area contributed by atoms with E-state index >= 15 is 0 Å². The number of hydrogen-bond acceptors (Lipinski definition) is 4. The maximum absolute atomic E-state index is 6.04. The number of nitrogens with two attached hydrogens (primary N) is 1. The quantitative estimate of drug-likeness (QED) is 0.781. The summed E-state index contributed by atoms with van der Waals surface area (Å²) in [6, 6.07) is 7.88. The third kappa shape index (κ3) is 2.73. The lowest BCUT2D eigenvalue weighted by Gasteiger charge is -2.11. The Labute approximate surface area is 123 Å². The van der Waals surface area contributed by atoms with Gasteiger partial charge < -0.3 is 10.5 Å². The van der Waals surface area contributed by atoms with E-state index in [1.165, 1.54) is 0 Å². The molecular weight excluding hydrogens is 264 g/mol. The zero-order valence-electron chi connectivity index (χ0n) is 12.0. The monoisotopic (exact) mass is 282 g/mol. The first-order chi connectivity index (χ1) is 10.3. The van der Waals surface area contributed by atoms with E-state index in [1.807, 2.05) is 35.1 Å². The summed E-state index contributed by atoms with van der Waals surface area (Å²) in [4.78, 5) is 4.41. The highest BCUT2D eigenvalue weighted by Gasteiger charge is 2.11. The molecule has 0 aliphatic rings. The van der Waals surface area contributed by atoms with Gasteiger partial charge >= 0.3 is 0 Å². The van der Waals surface area contributed by atoms with Crippen LogP contribution < -0.4 is 10.5 Å². The molecule has 0 amide bonds. The first kappa shape index (κ1) is 13.6. The van der Waals surface area contributed by atoms with Gasteiger partial charge in [0.15, 0.2) is 5.75 Å². The average molecular weight is 282 g/mol. The van der Waals surface area contributed by atoms with Gasteiger partial charge in [0.25, 0.3) is 0 Å². The van der Waals surface area contributed by atoms with Crippen LogP contribution in [0, 0.1) is 0 Å². The van der Waals surface area contributed by atoms with Gasteiger partial charge in [-0.2, -0.15) is 5.10 Å². The highest BCUT2D eigenvalue weighted by atomic mass is 16.5. The van der Waals surface area contributed by atoms with E-state index in [-0.39, 0.29) is 0 Å². The third-order valence-electron chi connectivity index (χ3n) is 3.30. The summed E-state index contributed by atoms with van der Waals surface area (Å²) < 4.78 is 7.91. The van der Waals surface area contributed by atoms with Crippen molar-refractivity contribution in [3.05, 3.63) is 48.4 Å². The smallest absolute Gasteiger partial charge is 0.165 e. The minimum absolute atomic E-state index is 0.385. The Kier molecular flexibility index (Phi) is 3.83. The fourth-order valence-electron chi connectivity index (χ4n) is 2.29. The Morgan fingerprint density at radius 2 is 2.10 bits per heavy atom. The van der Waals surface area contributed by atoms with Crippen LogP contribution in [0.2, 0.25) is 0 Å². The summed E-state index contributed by atoms with van der Waals surface area (Å²) in [5.74, 6) is 1.48. The molecule has 0 radical (unpaired) electrons. The van der Waals surface area contributed by atoms with Crippen molar-refractivity contribution in [2.24, 2.45) is 5.73 Å². The van der Waals surface area contributed by atoms with Crippen molar-refractivity contribution in [3.63, 3.8) is 0 Å². The second-order valence-electron chi connectivity index (χ2n) is 4.88. The molecule has 21 heavy (non-hydrogen) atoms. The molecule has 2 heterocycles. The first-order valence-electron chi connectivity index (χ1n) is 7.08. The fourth-order valence-corrected chi connectivity index (χ4v) is 2.29. The topological polar surface area (TPSA) is 66.0 Å². The SMILES string of the molecule is CCCn1cc(Oc2c(CN)cnc3ccccc23)cn1. The summed E-state index contributed by atoms with van der Waals surface area (Å²) >= 11 is 0. The van der Waals surface area contributed by atoms with Gasteiger partial charge in [-0.15, -0.1) is 0 Å². The number of benzene rings is 1. The maximum atomic E-state index is 6.04. The van der Waals surface area contributed by atoms with Gasteiger partial charge in [0.1, 0.15) is 5.75 Å². The summed E-state index contributed by atoms with van der Waals surface area (Å²) in [6.07, 6.45) is 6.44. The molecule has 0 spiro atoms. The summed E-state index contributed by atoms with van der Waals surface area (Å²) in [6.45, 7) is 3.38. The summed E-state index contributed by atoms with van der Waals surface area (Å²) in [7, 11) is 0. The lowest BCUT2D eigenvalue weighted by molar-refractivity contribution is 0.479. The predicted octanol–water partition coefficient (Wildman–Crippen LogP) is 3.09. The molecule has 0 aliphatic heterocycles. The molecule has 3 aromatic rings. The molecule has 5 heteroatoms. The van der Waals surface area contributed by atoms with Crippen molar-refractivity contribution >= 4 is 10.9 Å². The van der Waals surface area contributed by atoms with Crippen molar-refractivity contribution in [3.8, 4) is 11.5 Å². The van der Waals surface area contributed by atoms with Crippen LogP contribution in [0.25, 0.3) is 10.9 Å².